The van der Waals surface area contributed by atoms with E-state index in [9.17, 15) is 14.0 Å². The third-order valence-electron chi connectivity index (χ3n) is 4.77. The Bertz CT molecular complexity index is 976. The number of nitrogens with zero attached hydrogens (tertiary/aromatic N) is 1. The Hall–Kier alpha value is -3.15. The molecule has 4 rings (SSSR count). The highest BCUT2D eigenvalue weighted by molar-refractivity contribution is 6.07. The molecule has 3 aromatic rings. The number of nitrogens with one attached hydrogen (secondary N) is 2. The summed E-state index contributed by atoms with van der Waals surface area (Å²) in [5.41, 5.74) is 1.98. The van der Waals surface area contributed by atoms with Crippen LogP contribution in [0.15, 0.2) is 54.7 Å². The average Bonchev–Trinajstić information content (AvgIpc) is 3.04. The Morgan fingerprint density at radius 2 is 1.85 bits per heavy atom. The summed E-state index contributed by atoms with van der Waals surface area (Å²) < 4.78 is 13.6. The van der Waals surface area contributed by atoms with E-state index in [1.807, 2.05) is 24.3 Å². The van der Waals surface area contributed by atoms with Crippen LogP contribution in [0, 0.1) is 11.7 Å². The Kier molecular flexibility index (Phi) is 4.16. The molecule has 0 spiro atoms. The van der Waals surface area contributed by atoms with Crippen molar-refractivity contribution in [1.29, 1.82) is 0 Å². The molecule has 1 aliphatic rings. The molecule has 1 aliphatic heterocycles. The Labute approximate surface area is 149 Å². The van der Waals surface area contributed by atoms with Gasteiger partial charge in [-0.2, -0.15) is 0 Å². The molecule has 5 nitrogen and oxygen atoms in total. The van der Waals surface area contributed by atoms with Crippen molar-refractivity contribution in [3.8, 4) is 0 Å². The van der Waals surface area contributed by atoms with Crippen LogP contribution >= 0.6 is 0 Å². The zero-order valence-electron chi connectivity index (χ0n) is 14.0. The molecule has 132 valence electrons. The first-order chi connectivity index (χ1) is 12.6. The number of carbonyl (C=O) groups is 2. The molecular weight excluding hydrogens is 333 g/mol. The van der Waals surface area contributed by atoms with E-state index < -0.39 is 0 Å². The van der Waals surface area contributed by atoms with E-state index in [-0.39, 0.29) is 30.1 Å². The van der Waals surface area contributed by atoms with Crippen molar-refractivity contribution in [2.45, 2.75) is 6.54 Å². The molecule has 1 saturated heterocycles. The van der Waals surface area contributed by atoms with E-state index in [2.05, 4.69) is 10.3 Å². The molecule has 0 saturated carbocycles. The number of aromatic nitrogens is 1. The maximum Gasteiger partial charge on any atom is 0.256 e. The number of hydrogen-bond acceptors (Lipinski definition) is 2. The smallest absolute Gasteiger partial charge is 0.256 e. The van der Waals surface area contributed by atoms with Crippen molar-refractivity contribution in [2.24, 2.45) is 5.92 Å². The lowest BCUT2D eigenvalue weighted by molar-refractivity contribution is -0.129. The summed E-state index contributed by atoms with van der Waals surface area (Å²) in [7, 11) is 0. The van der Waals surface area contributed by atoms with Crippen LogP contribution in [0.5, 0.6) is 0 Å². The van der Waals surface area contributed by atoms with Gasteiger partial charge >= 0.3 is 0 Å². The number of para-hydroxylation sites is 1. The van der Waals surface area contributed by atoms with E-state index in [0.29, 0.717) is 24.2 Å². The van der Waals surface area contributed by atoms with Gasteiger partial charge in [0.1, 0.15) is 5.82 Å². The zero-order chi connectivity index (χ0) is 18.1. The molecule has 0 unspecified atom stereocenters. The van der Waals surface area contributed by atoms with Crippen molar-refractivity contribution >= 4 is 22.7 Å². The number of likely N-dealkylation sites (tertiary alicyclic amines) is 1. The van der Waals surface area contributed by atoms with Gasteiger partial charge in [0.15, 0.2) is 0 Å². The number of halogens is 1. The first-order valence-corrected chi connectivity index (χ1v) is 8.50. The van der Waals surface area contributed by atoms with E-state index in [0.717, 1.165) is 10.9 Å². The molecule has 0 radical (unpaired) electrons. The summed E-state index contributed by atoms with van der Waals surface area (Å²) >= 11 is 0. The normalized spacial score (nSPS) is 14.3. The van der Waals surface area contributed by atoms with Gasteiger partial charge < -0.3 is 15.2 Å². The summed E-state index contributed by atoms with van der Waals surface area (Å²) in [6.45, 7) is 0.904. The fourth-order valence-electron chi connectivity index (χ4n) is 3.20. The summed E-state index contributed by atoms with van der Waals surface area (Å²) in [5.74, 6) is -0.828. The van der Waals surface area contributed by atoms with Crippen LogP contribution in [0.25, 0.3) is 10.9 Å². The fourth-order valence-corrected chi connectivity index (χ4v) is 3.20. The maximum absolute atomic E-state index is 13.6. The zero-order valence-corrected chi connectivity index (χ0v) is 14.0. The molecule has 6 heteroatoms. The van der Waals surface area contributed by atoms with E-state index in [4.69, 9.17) is 0 Å². The number of H-pyrrole nitrogens is 1. The van der Waals surface area contributed by atoms with Crippen molar-refractivity contribution in [3.05, 3.63) is 71.7 Å². The Morgan fingerprint density at radius 1 is 1.12 bits per heavy atom. The Morgan fingerprint density at radius 3 is 2.65 bits per heavy atom. The predicted octanol–water partition coefficient (Wildman–Crippen LogP) is 2.70. The highest BCUT2D eigenvalue weighted by atomic mass is 19.1. The van der Waals surface area contributed by atoms with Crippen LogP contribution < -0.4 is 5.32 Å². The minimum Gasteiger partial charge on any atom is -0.360 e. The molecule has 1 fully saturated rings. The standard InChI is InChI=1S/C20H18FN3O2/c21-17-7-3-1-5-13(17)9-23-19(25)14-11-24(12-14)20(26)16-10-22-18-8-4-2-6-15(16)18/h1-8,10,14,22H,9,11-12H2,(H,23,25). The van der Waals surface area contributed by atoms with Crippen LogP contribution in [-0.2, 0) is 11.3 Å². The van der Waals surface area contributed by atoms with Crippen LogP contribution in [0.3, 0.4) is 0 Å². The van der Waals surface area contributed by atoms with Crippen molar-refractivity contribution in [1.82, 2.24) is 15.2 Å². The second-order valence-corrected chi connectivity index (χ2v) is 6.46. The number of benzene rings is 2. The van der Waals surface area contributed by atoms with Crippen molar-refractivity contribution in [2.75, 3.05) is 13.1 Å². The maximum atomic E-state index is 13.6. The molecule has 2 heterocycles. The summed E-state index contributed by atoms with van der Waals surface area (Å²) in [5, 5.41) is 3.62. The minimum absolute atomic E-state index is 0.0828. The van der Waals surface area contributed by atoms with E-state index >= 15 is 0 Å². The van der Waals surface area contributed by atoms with Gasteiger partial charge in [-0.25, -0.2) is 4.39 Å². The number of rotatable bonds is 4. The molecule has 0 bridgehead atoms. The third-order valence-corrected chi connectivity index (χ3v) is 4.77. The van der Waals surface area contributed by atoms with Gasteiger partial charge in [0.25, 0.3) is 5.91 Å². The summed E-state index contributed by atoms with van der Waals surface area (Å²) in [6, 6.07) is 14.0. The molecule has 2 amide bonds. The quantitative estimate of drug-likeness (QED) is 0.759. The molecule has 2 aromatic carbocycles. The topological polar surface area (TPSA) is 65.2 Å². The first-order valence-electron chi connectivity index (χ1n) is 8.50. The largest absolute Gasteiger partial charge is 0.360 e. The lowest BCUT2D eigenvalue weighted by atomic mass is 9.97. The van der Waals surface area contributed by atoms with Crippen LogP contribution in [-0.4, -0.2) is 34.8 Å². The fraction of sp³-hybridized carbons (Fsp3) is 0.200. The number of hydrogen-bond donors (Lipinski definition) is 2. The minimum atomic E-state index is -0.336. The lowest BCUT2D eigenvalue weighted by Gasteiger charge is -2.38. The SMILES string of the molecule is O=C(NCc1ccccc1F)C1CN(C(=O)c2c[nH]c3ccccc23)C1. The number of amides is 2. The van der Waals surface area contributed by atoms with Gasteiger partial charge in [0, 0.05) is 42.3 Å². The molecular formula is C20H18FN3O2. The summed E-state index contributed by atoms with van der Waals surface area (Å²) in [4.78, 5) is 29.6. The number of carbonyl (C=O) groups excluding carboxylic acids is 2. The first kappa shape index (κ1) is 16.3. The molecule has 2 N–H and O–H groups in total. The van der Waals surface area contributed by atoms with Gasteiger partial charge in [-0.05, 0) is 12.1 Å². The second-order valence-electron chi connectivity index (χ2n) is 6.46. The highest BCUT2D eigenvalue weighted by Gasteiger charge is 2.36. The Balaban J connectivity index is 1.34. The monoisotopic (exact) mass is 351 g/mol. The molecule has 1 aromatic heterocycles. The molecule has 0 atom stereocenters. The highest BCUT2D eigenvalue weighted by Crippen LogP contribution is 2.24. The van der Waals surface area contributed by atoms with Gasteiger partial charge in [-0.15, -0.1) is 0 Å². The van der Waals surface area contributed by atoms with E-state index in [1.165, 1.54) is 6.07 Å². The van der Waals surface area contributed by atoms with Gasteiger partial charge in [0.05, 0.1) is 11.5 Å². The van der Waals surface area contributed by atoms with Gasteiger partial charge in [0.2, 0.25) is 5.91 Å². The number of fused-ring (bicyclic) bond motifs is 1. The summed E-state index contributed by atoms with van der Waals surface area (Å²) in [6.07, 6.45) is 1.71. The number of aromatic amines is 1. The molecule has 26 heavy (non-hydrogen) atoms. The van der Waals surface area contributed by atoms with E-state index in [1.54, 1.807) is 29.3 Å². The van der Waals surface area contributed by atoms with Crippen LogP contribution in [0.1, 0.15) is 15.9 Å². The van der Waals surface area contributed by atoms with Gasteiger partial charge in [-0.3, -0.25) is 9.59 Å². The molecule has 0 aliphatic carbocycles. The van der Waals surface area contributed by atoms with Crippen molar-refractivity contribution in [3.63, 3.8) is 0 Å². The second kappa shape index (κ2) is 6.63. The van der Waals surface area contributed by atoms with Crippen molar-refractivity contribution < 1.29 is 14.0 Å². The lowest BCUT2D eigenvalue weighted by Crippen LogP contribution is -2.55. The average molecular weight is 351 g/mol. The van der Waals surface area contributed by atoms with Gasteiger partial charge in [-0.1, -0.05) is 36.4 Å². The van der Waals surface area contributed by atoms with Crippen LogP contribution in [0.2, 0.25) is 0 Å². The third kappa shape index (κ3) is 2.94. The predicted molar refractivity (Wildman–Crippen MR) is 95.9 cm³/mol. The van der Waals surface area contributed by atoms with Crippen LogP contribution in [0.4, 0.5) is 4.39 Å².